The lowest BCUT2D eigenvalue weighted by atomic mass is 10.2. The van der Waals surface area contributed by atoms with Gasteiger partial charge in [0.2, 0.25) is 0 Å². The summed E-state index contributed by atoms with van der Waals surface area (Å²) in [5.41, 5.74) is 8.21. The molecule has 0 spiro atoms. The summed E-state index contributed by atoms with van der Waals surface area (Å²) in [5, 5.41) is 4.22. The predicted molar refractivity (Wildman–Crippen MR) is 58.3 cm³/mol. The number of imidazole rings is 1. The van der Waals surface area contributed by atoms with E-state index in [1.807, 2.05) is 19.4 Å². The fourth-order valence-corrected chi connectivity index (χ4v) is 2.08. The average molecular weight is 207 g/mol. The van der Waals surface area contributed by atoms with Crippen molar-refractivity contribution in [2.45, 2.75) is 19.5 Å². The molecule has 0 aliphatic heterocycles. The Morgan fingerprint density at radius 1 is 1.64 bits per heavy atom. The summed E-state index contributed by atoms with van der Waals surface area (Å²) < 4.78 is 2.09. The molecule has 0 saturated carbocycles. The molecule has 2 rings (SSSR count). The Labute approximate surface area is 87.2 Å². The van der Waals surface area contributed by atoms with Crippen molar-refractivity contribution in [3.8, 4) is 0 Å². The Hall–Kier alpha value is -1.13. The minimum atomic E-state index is 0.0381. The Morgan fingerprint density at radius 2 is 2.50 bits per heavy atom. The highest BCUT2D eigenvalue weighted by Crippen LogP contribution is 2.13. The van der Waals surface area contributed by atoms with Gasteiger partial charge in [0.25, 0.3) is 0 Å². The molecule has 2 N–H and O–H groups in total. The molecule has 0 aliphatic carbocycles. The normalized spacial score (nSPS) is 13.0. The summed E-state index contributed by atoms with van der Waals surface area (Å²) in [6.45, 7) is 2.83. The second-order valence-electron chi connectivity index (χ2n) is 3.37. The van der Waals surface area contributed by atoms with Gasteiger partial charge >= 0.3 is 0 Å². The molecule has 0 saturated heterocycles. The van der Waals surface area contributed by atoms with Crippen LogP contribution in [0.1, 0.15) is 24.2 Å². The zero-order chi connectivity index (χ0) is 9.97. The molecule has 0 bridgehead atoms. The van der Waals surface area contributed by atoms with E-state index in [1.165, 1.54) is 5.56 Å². The minimum Gasteiger partial charge on any atom is -0.329 e. The third kappa shape index (κ3) is 1.86. The van der Waals surface area contributed by atoms with Gasteiger partial charge in [-0.1, -0.05) is 0 Å². The lowest BCUT2D eigenvalue weighted by Crippen LogP contribution is -2.12. The van der Waals surface area contributed by atoms with Crippen LogP contribution in [0.5, 0.6) is 0 Å². The molecule has 0 aliphatic rings. The van der Waals surface area contributed by atoms with Crippen LogP contribution in [-0.2, 0) is 6.54 Å². The molecular weight excluding hydrogens is 194 g/mol. The van der Waals surface area contributed by atoms with E-state index in [0.29, 0.717) is 0 Å². The molecule has 0 amide bonds. The van der Waals surface area contributed by atoms with Gasteiger partial charge in [-0.3, -0.25) is 0 Å². The van der Waals surface area contributed by atoms with Crippen LogP contribution in [0.15, 0.2) is 29.4 Å². The van der Waals surface area contributed by atoms with Crippen molar-refractivity contribution in [1.82, 2.24) is 9.55 Å². The van der Waals surface area contributed by atoms with Crippen molar-refractivity contribution < 1.29 is 0 Å². The van der Waals surface area contributed by atoms with E-state index < -0.39 is 0 Å². The van der Waals surface area contributed by atoms with E-state index >= 15 is 0 Å². The fourth-order valence-electron chi connectivity index (χ4n) is 1.42. The van der Waals surface area contributed by atoms with Crippen LogP contribution in [-0.4, -0.2) is 9.55 Å². The summed E-state index contributed by atoms with van der Waals surface area (Å²) in [6.07, 6.45) is 3.66. The van der Waals surface area contributed by atoms with E-state index in [9.17, 15) is 0 Å². The predicted octanol–water partition coefficient (Wildman–Crippen LogP) is 2.01. The van der Waals surface area contributed by atoms with Crippen molar-refractivity contribution in [2.75, 3.05) is 0 Å². The Kier molecular flexibility index (Phi) is 2.65. The maximum Gasteiger partial charge on any atom is 0.0951 e. The van der Waals surface area contributed by atoms with Gasteiger partial charge in [-0.25, -0.2) is 4.98 Å². The van der Waals surface area contributed by atoms with Gasteiger partial charge in [0.15, 0.2) is 0 Å². The standard InChI is InChI=1S/C10H13N3S/c1-8(11)10-4-12-7-13(10)5-9-2-3-14-6-9/h2-4,6-8H,5,11H2,1H3/t8-/m1/s1. The maximum absolute atomic E-state index is 5.83. The highest BCUT2D eigenvalue weighted by atomic mass is 32.1. The number of rotatable bonds is 3. The molecule has 74 valence electrons. The van der Waals surface area contributed by atoms with Gasteiger partial charge in [-0.2, -0.15) is 11.3 Å². The lowest BCUT2D eigenvalue weighted by molar-refractivity contribution is 0.675. The van der Waals surface area contributed by atoms with E-state index in [1.54, 1.807) is 11.3 Å². The summed E-state index contributed by atoms with van der Waals surface area (Å²) in [6, 6.07) is 2.16. The highest BCUT2D eigenvalue weighted by molar-refractivity contribution is 7.07. The number of hydrogen-bond acceptors (Lipinski definition) is 3. The Bertz CT molecular complexity index is 389. The first kappa shape index (κ1) is 9.43. The maximum atomic E-state index is 5.83. The van der Waals surface area contributed by atoms with E-state index in [-0.39, 0.29) is 6.04 Å². The molecular formula is C10H13N3S. The van der Waals surface area contributed by atoms with Gasteiger partial charge in [0, 0.05) is 18.8 Å². The third-order valence-corrected chi connectivity index (χ3v) is 2.88. The van der Waals surface area contributed by atoms with Crippen molar-refractivity contribution in [2.24, 2.45) is 5.73 Å². The zero-order valence-corrected chi connectivity index (χ0v) is 8.87. The molecule has 0 fully saturated rings. The first-order valence-corrected chi connectivity index (χ1v) is 5.48. The first-order chi connectivity index (χ1) is 6.77. The van der Waals surface area contributed by atoms with Gasteiger partial charge in [0.05, 0.1) is 12.0 Å². The van der Waals surface area contributed by atoms with Crippen LogP contribution < -0.4 is 5.73 Å². The van der Waals surface area contributed by atoms with Crippen LogP contribution in [0.3, 0.4) is 0 Å². The highest BCUT2D eigenvalue weighted by Gasteiger charge is 2.06. The number of thiophene rings is 1. The van der Waals surface area contributed by atoms with Crippen molar-refractivity contribution >= 4 is 11.3 Å². The van der Waals surface area contributed by atoms with Gasteiger partial charge in [0.1, 0.15) is 0 Å². The molecule has 1 atom stereocenters. The Morgan fingerprint density at radius 3 is 3.14 bits per heavy atom. The van der Waals surface area contributed by atoms with E-state index in [2.05, 4.69) is 26.4 Å². The van der Waals surface area contributed by atoms with Crippen molar-refractivity contribution in [1.29, 1.82) is 0 Å². The first-order valence-electron chi connectivity index (χ1n) is 4.54. The summed E-state index contributed by atoms with van der Waals surface area (Å²) >= 11 is 1.71. The minimum absolute atomic E-state index is 0.0381. The van der Waals surface area contributed by atoms with Crippen LogP contribution in [0.4, 0.5) is 0 Å². The lowest BCUT2D eigenvalue weighted by Gasteiger charge is -2.09. The van der Waals surface area contributed by atoms with E-state index in [4.69, 9.17) is 5.73 Å². The quantitative estimate of drug-likeness (QED) is 0.836. The molecule has 0 unspecified atom stereocenters. The number of nitrogens with two attached hydrogens (primary N) is 1. The molecule has 2 heterocycles. The van der Waals surface area contributed by atoms with Crippen LogP contribution in [0.2, 0.25) is 0 Å². The molecule has 0 radical (unpaired) electrons. The fraction of sp³-hybridized carbons (Fsp3) is 0.300. The summed E-state index contributed by atoms with van der Waals surface area (Å²) in [4.78, 5) is 4.11. The zero-order valence-electron chi connectivity index (χ0n) is 8.05. The summed E-state index contributed by atoms with van der Waals surface area (Å²) in [7, 11) is 0. The third-order valence-electron chi connectivity index (χ3n) is 2.14. The van der Waals surface area contributed by atoms with Crippen LogP contribution in [0, 0.1) is 0 Å². The van der Waals surface area contributed by atoms with E-state index in [0.717, 1.165) is 12.2 Å². The molecule has 0 aromatic carbocycles. The number of nitrogens with zero attached hydrogens (tertiary/aromatic N) is 2. The van der Waals surface area contributed by atoms with Gasteiger partial charge in [-0.05, 0) is 29.3 Å². The smallest absolute Gasteiger partial charge is 0.0951 e. The topological polar surface area (TPSA) is 43.8 Å². The second kappa shape index (κ2) is 3.94. The van der Waals surface area contributed by atoms with Gasteiger partial charge in [-0.15, -0.1) is 0 Å². The van der Waals surface area contributed by atoms with Gasteiger partial charge < -0.3 is 10.3 Å². The average Bonchev–Trinajstić information content (AvgIpc) is 2.75. The van der Waals surface area contributed by atoms with Crippen LogP contribution in [0.25, 0.3) is 0 Å². The molecule has 4 heteroatoms. The monoisotopic (exact) mass is 207 g/mol. The molecule has 2 aromatic rings. The van der Waals surface area contributed by atoms with Crippen molar-refractivity contribution in [3.63, 3.8) is 0 Å². The summed E-state index contributed by atoms with van der Waals surface area (Å²) in [5.74, 6) is 0. The second-order valence-corrected chi connectivity index (χ2v) is 4.15. The van der Waals surface area contributed by atoms with Crippen LogP contribution >= 0.6 is 11.3 Å². The number of aromatic nitrogens is 2. The largest absolute Gasteiger partial charge is 0.329 e. The molecule has 2 aromatic heterocycles. The SMILES string of the molecule is C[C@@H](N)c1cncn1Cc1ccsc1. The number of hydrogen-bond donors (Lipinski definition) is 1. The van der Waals surface area contributed by atoms with Crippen molar-refractivity contribution in [3.05, 3.63) is 40.6 Å². The molecule has 3 nitrogen and oxygen atoms in total. The Balaban J connectivity index is 2.21. The molecule has 14 heavy (non-hydrogen) atoms.